The first-order chi connectivity index (χ1) is 7.16. The standard InChI is InChI=1S/C11H14N4/c1-8-4-3-5-9(2)10(8)6-15-7-13-11(12)14-15/h3-5,7H,6H2,1-2H3,(H2,12,14). The lowest BCUT2D eigenvalue weighted by atomic mass is 10.0. The Morgan fingerprint density at radius 1 is 1.27 bits per heavy atom. The maximum atomic E-state index is 5.47. The first-order valence-corrected chi connectivity index (χ1v) is 4.87. The zero-order valence-electron chi connectivity index (χ0n) is 8.94. The molecule has 4 nitrogen and oxygen atoms in total. The van der Waals surface area contributed by atoms with Crippen molar-refractivity contribution in [1.29, 1.82) is 0 Å². The highest BCUT2D eigenvalue weighted by Crippen LogP contribution is 2.14. The minimum atomic E-state index is 0.321. The summed E-state index contributed by atoms with van der Waals surface area (Å²) in [5.74, 6) is 0.321. The summed E-state index contributed by atoms with van der Waals surface area (Å²) in [6, 6.07) is 6.26. The van der Waals surface area contributed by atoms with Gasteiger partial charge in [0.05, 0.1) is 6.54 Å². The van der Waals surface area contributed by atoms with Crippen molar-refractivity contribution in [1.82, 2.24) is 14.8 Å². The number of anilines is 1. The summed E-state index contributed by atoms with van der Waals surface area (Å²) < 4.78 is 1.75. The molecule has 1 aromatic heterocycles. The van der Waals surface area contributed by atoms with Crippen LogP contribution in [0, 0.1) is 13.8 Å². The normalized spacial score (nSPS) is 10.5. The first-order valence-electron chi connectivity index (χ1n) is 4.87. The predicted molar refractivity (Wildman–Crippen MR) is 59.5 cm³/mol. The Morgan fingerprint density at radius 2 is 1.93 bits per heavy atom. The van der Waals surface area contributed by atoms with E-state index in [-0.39, 0.29) is 0 Å². The molecule has 2 aromatic rings. The van der Waals surface area contributed by atoms with Gasteiger partial charge in [0.2, 0.25) is 5.95 Å². The molecule has 0 unspecified atom stereocenters. The highest BCUT2D eigenvalue weighted by Gasteiger charge is 2.04. The molecule has 2 rings (SSSR count). The van der Waals surface area contributed by atoms with Gasteiger partial charge in [-0.25, -0.2) is 9.67 Å². The van der Waals surface area contributed by atoms with Gasteiger partial charge in [0.25, 0.3) is 0 Å². The quantitative estimate of drug-likeness (QED) is 0.803. The van der Waals surface area contributed by atoms with E-state index in [1.807, 2.05) is 0 Å². The van der Waals surface area contributed by atoms with Crippen LogP contribution in [-0.4, -0.2) is 14.8 Å². The van der Waals surface area contributed by atoms with Crippen LogP contribution in [-0.2, 0) is 6.54 Å². The molecule has 0 aliphatic heterocycles. The Balaban J connectivity index is 2.31. The second-order valence-corrected chi connectivity index (χ2v) is 3.67. The van der Waals surface area contributed by atoms with E-state index in [4.69, 9.17) is 5.73 Å². The molecule has 0 fully saturated rings. The lowest BCUT2D eigenvalue weighted by Crippen LogP contribution is -2.04. The van der Waals surface area contributed by atoms with E-state index >= 15 is 0 Å². The Bertz CT molecular complexity index is 453. The number of nitrogen functional groups attached to an aromatic ring is 1. The van der Waals surface area contributed by atoms with Crippen molar-refractivity contribution < 1.29 is 0 Å². The minimum absolute atomic E-state index is 0.321. The summed E-state index contributed by atoms with van der Waals surface area (Å²) in [6.07, 6.45) is 1.65. The van der Waals surface area contributed by atoms with E-state index in [2.05, 4.69) is 42.1 Å². The van der Waals surface area contributed by atoms with Crippen LogP contribution in [0.1, 0.15) is 16.7 Å². The third-order valence-corrected chi connectivity index (χ3v) is 2.52. The van der Waals surface area contributed by atoms with Crippen molar-refractivity contribution in [3.8, 4) is 0 Å². The lowest BCUT2D eigenvalue weighted by Gasteiger charge is -2.08. The van der Waals surface area contributed by atoms with Crippen LogP contribution < -0.4 is 5.73 Å². The van der Waals surface area contributed by atoms with Gasteiger partial charge in [0.1, 0.15) is 6.33 Å². The van der Waals surface area contributed by atoms with Crippen molar-refractivity contribution >= 4 is 5.95 Å². The van der Waals surface area contributed by atoms with E-state index in [0.29, 0.717) is 5.95 Å². The Hall–Kier alpha value is -1.84. The van der Waals surface area contributed by atoms with Crippen LogP contribution in [0.5, 0.6) is 0 Å². The van der Waals surface area contributed by atoms with Crippen molar-refractivity contribution in [3.63, 3.8) is 0 Å². The van der Waals surface area contributed by atoms with Gasteiger partial charge in [-0.05, 0) is 30.5 Å². The van der Waals surface area contributed by atoms with Gasteiger partial charge in [-0.1, -0.05) is 18.2 Å². The van der Waals surface area contributed by atoms with Gasteiger partial charge in [-0.15, -0.1) is 5.10 Å². The first kappa shape index (κ1) is 9.71. The van der Waals surface area contributed by atoms with E-state index in [0.717, 1.165) is 6.54 Å². The van der Waals surface area contributed by atoms with Crippen LogP contribution in [0.4, 0.5) is 5.95 Å². The SMILES string of the molecule is Cc1cccc(C)c1Cn1cnc(N)n1. The molecule has 1 heterocycles. The van der Waals surface area contributed by atoms with E-state index in [9.17, 15) is 0 Å². The van der Waals surface area contributed by atoms with E-state index < -0.39 is 0 Å². The van der Waals surface area contributed by atoms with Gasteiger partial charge in [0.15, 0.2) is 0 Å². The molecule has 0 atom stereocenters. The third-order valence-electron chi connectivity index (χ3n) is 2.52. The number of aromatic nitrogens is 3. The summed E-state index contributed by atoms with van der Waals surface area (Å²) in [4.78, 5) is 3.90. The summed E-state index contributed by atoms with van der Waals surface area (Å²) in [5, 5.41) is 4.07. The molecule has 2 N–H and O–H groups in total. The summed E-state index contributed by atoms with van der Waals surface area (Å²) >= 11 is 0. The number of rotatable bonds is 2. The van der Waals surface area contributed by atoms with E-state index in [1.165, 1.54) is 16.7 Å². The van der Waals surface area contributed by atoms with Crippen LogP contribution in [0.15, 0.2) is 24.5 Å². The monoisotopic (exact) mass is 202 g/mol. The van der Waals surface area contributed by atoms with Gasteiger partial charge in [-0.2, -0.15) is 0 Å². The fourth-order valence-corrected chi connectivity index (χ4v) is 1.65. The smallest absolute Gasteiger partial charge is 0.239 e. The van der Waals surface area contributed by atoms with Crippen molar-refractivity contribution in [2.24, 2.45) is 0 Å². The predicted octanol–water partition coefficient (Wildman–Crippen LogP) is 1.53. The molecule has 0 radical (unpaired) electrons. The Morgan fingerprint density at radius 3 is 2.47 bits per heavy atom. The Labute approximate surface area is 88.8 Å². The van der Waals surface area contributed by atoms with Crippen molar-refractivity contribution in [3.05, 3.63) is 41.2 Å². The minimum Gasteiger partial charge on any atom is -0.367 e. The highest BCUT2D eigenvalue weighted by molar-refractivity contribution is 5.33. The maximum absolute atomic E-state index is 5.47. The van der Waals surface area contributed by atoms with Crippen molar-refractivity contribution in [2.45, 2.75) is 20.4 Å². The summed E-state index contributed by atoms with van der Waals surface area (Å²) in [6.45, 7) is 4.92. The topological polar surface area (TPSA) is 56.7 Å². The van der Waals surface area contributed by atoms with Gasteiger partial charge in [0, 0.05) is 0 Å². The fraction of sp³-hybridized carbons (Fsp3) is 0.273. The molecule has 0 spiro atoms. The molecule has 1 aromatic carbocycles. The zero-order chi connectivity index (χ0) is 10.8. The molecule has 0 bridgehead atoms. The Kier molecular flexibility index (Phi) is 2.41. The molecular weight excluding hydrogens is 188 g/mol. The molecular formula is C11H14N4. The summed E-state index contributed by atoms with van der Waals surface area (Å²) in [5.41, 5.74) is 9.28. The molecule has 0 saturated carbocycles. The molecule has 0 amide bonds. The van der Waals surface area contributed by atoms with E-state index in [1.54, 1.807) is 11.0 Å². The molecule has 0 saturated heterocycles. The average molecular weight is 202 g/mol. The van der Waals surface area contributed by atoms with Crippen LogP contribution in [0.2, 0.25) is 0 Å². The number of nitrogens with zero attached hydrogens (tertiary/aromatic N) is 3. The van der Waals surface area contributed by atoms with Crippen molar-refractivity contribution in [2.75, 3.05) is 5.73 Å². The number of hydrogen-bond donors (Lipinski definition) is 1. The van der Waals surface area contributed by atoms with Gasteiger partial charge < -0.3 is 5.73 Å². The molecule has 0 aliphatic rings. The molecule has 0 aliphatic carbocycles. The third kappa shape index (κ3) is 1.98. The fourth-order valence-electron chi connectivity index (χ4n) is 1.65. The second kappa shape index (κ2) is 3.73. The van der Waals surface area contributed by atoms with Crippen LogP contribution in [0.3, 0.4) is 0 Å². The second-order valence-electron chi connectivity index (χ2n) is 3.67. The average Bonchev–Trinajstić information content (AvgIpc) is 2.58. The molecule has 4 heteroatoms. The summed E-state index contributed by atoms with van der Waals surface area (Å²) in [7, 11) is 0. The highest BCUT2D eigenvalue weighted by atomic mass is 15.4. The largest absolute Gasteiger partial charge is 0.367 e. The number of hydrogen-bond acceptors (Lipinski definition) is 3. The lowest BCUT2D eigenvalue weighted by molar-refractivity contribution is 0.681. The number of nitrogens with two attached hydrogens (primary N) is 1. The van der Waals surface area contributed by atoms with Gasteiger partial charge in [-0.3, -0.25) is 0 Å². The molecule has 78 valence electrons. The number of aryl methyl sites for hydroxylation is 2. The van der Waals surface area contributed by atoms with Crippen LogP contribution >= 0.6 is 0 Å². The maximum Gasteiger partial charge on any atom is 0.239 e. The zero-order valence-corrected chi connectivity index (χ0v) is 8.94. The van der Waals surface area contributed by atoms with Gasteiger partial charge >= 0.3 is 0 Å². The molecule has 15 heavy (non-hydrogen) atoms. The number of benzene rings is 1. The van der Waals surface area contributed by atoms with Crippen LogP contribution in [0.25, 0.3) is 0 Å².